The molecule has 2 unspecified atom stereocenters. The van der Waals surface area contributed by atoms with Crippen molar-refractivity contribution in [3.63, 3.8) is 0 Å². The first-order valence-electron chi connectivity index (χ1n) is 30.3. The molecular weight excluding hydrogens is 839 g/mol. The highest BCUT2D eigenvalue weighted by Crippen LogP contribution is 2.17. The number of rotatable bonds is 56. The number of aliphatic hydroxyl groups is 2. The second kappa shape index (κ2) is 57.7. The lowest BCUT2D eigenvalue weighted by Crippen LogP contribution is -2.45. The number of esters is 1. The predicted octanol–water partition coefficient (Wildman–Crippen LogP) is 18.8. The summed E-state index contributed by atoms with van der Waals surface area (Å²) >= 11 is 0. The maximum atomic E-state index is 12.5. The fraction of sp³-hybridized carbons (Fsp3) is 0.871. The molecule has 400 valence electrons. The third-order valence-corrected chi connectivity index (χ3v) is 13.9. The molecule has 0 rings (SSSR count). The highest BCUT2D eigenvalue weighted by molar-refractivity contribution is 5.76. The van der Waals surface area contributed by atoms with Gasteiger partial charge in [0.2, 0.25) is 5.91 Å². The second-order valence-electron chi connectivity index (χ2n) is 20.7. The lowest BCUT2D eigenvalue weighted by Gasteiger charge is -2.22. The molecule has 0 radical (unpaired) electrons. The van der Waals surface area contributed by atoms with E-state index in [2.05, 4.69) is 55.6 Å². The summed E-state index contributed by atoms with van der Waals surface area (Å²) in [5.41, 5.74) is 0. The summed E-state index contributed by atoms with van der Waals surface area (Å²) in [6.45, 7) is 4.91. The van der Waals surface area contributed by atoms with Crippen molar-refractivity contribution in [3.8, 4) is 0 Å². The van der Waals surface area contributed by atoms with Crippen LogP contribution in [0, 0.1) is 0 Å². The van der Waals surface area contributed by atoms with Crippen LogP contribution in [0.4, 0.5) is 0 Å². The highest BCUT2D eigenvalue weighted by Gasteiger charge is 2.20. The van der Waals surface area contributed by atoms with Crippen LogP contribution in [-0.2, 0) is 14.3 Å². The van der Waals surface area contributed by atoms with Crippen LogP contribution in [0.2, 0.25) is 0 Å². The normalized spacial score (nSPS) is 12.8. The SMILES string of the molecule is CCCCCCCC/C=C\CCCCCCCCCCCC(=O)OCCCCC/C=C\C=C/CCCCCCCCCCCCC(=O)NC(CO)C(O)CCCCCCCCCCCCCCC. The first kappa shape index (κ1) is 66.1. The maximum Gasteiger partial charge on any atom is 0.305 e. The van der Waals surface area contributed by atoms with Crippen LogP contribution in [0.3, 0.4) is 0 Å². The summed E-state index contributed by atoms with van der Waals surface area (Å²) in [5.74, 6) is -0.0584. The summed E-state index contributed by atoms with van der Waals surface area (Å²) in [4.78, 5) is 24.5. The Bertz CT molecular complexity index is 1100. The van der Waals surface area contributed by atoms with Gasteiger partial charge < -0.3 is 20.3 Å². The Balaban J connectivity index is 3.45. The van der Waals surface area contributed by atoms with Crippen molar-refractivity contribution in [3.05, 3.63) is 36.5 Å². The molecule has 0 fully saturated rings. The van der Waals surface area contributed by atoms with Crippen molar-refractivity contribution < 1.29 is 24.5 Å². The summed E-state index contributed by atoms with van der Waals surface area (Å²) in [5, 5.41) is 23.2. The van der Waals surface area contributed by atoms with E-state index >= 15 is 0 Å². The molecule has 0 aromatic carbocycles. The lowest BCUT2D eigenvalue weighted by atomic mass is 10.0. The molecule has 0 spiro atoms. The molecule has 3 N–H and O–H groups in total. The maximum absolute atomic E-state index is 12.5. The number of aliphatic hydroxyl groups excluding tert-OH is 2. The Labute approximate surface area is 424 Å². The zero-order valence-electron chi connectivity index (χ0n) is 45.6. The average molecular weight is 957 g/mol. The summed E-state index contributed by atoms with van der Waals surface area (Å²) < 4.78 is 5.47. The molecule has 0 saturated carbocycles. The second-order valence-corrected chi connectivity index (χ2v) is 20.7. The van der Waals surface area contributed by atoms with E-state index in [1.807, 2.05) is 0 Å². The van der Waals surface area contributed by atoms with E-state index in [4.69, 9.17) is 4.74 Å². The van der Waals surface area contributed by atoms with Gasteiger partial charge in [-0.15, -0.1) is 0 Å². The number of carbonyl (C=O) groups is 2. The standard InChI is InChI=1S/C62H117NO5/c1-3-5-7-9-11-13-15-17-18-19-21-25-28-32-36-40-44-48-52-56-62(67)68-57-53-49-45-41-37-33-29-26-23-20-22-24-27-31-35-39-43-47-51-55-61(66)63-59(58-64)60(65)54-50-46-42-38-34-30-16-14-12-10-8-6-4-2/h17-18,26,29,33,37,59-60,64-65H,3-16,19-25,27-28,30-32,34-36,38-58H2,1-2H3,(H,63,66)/b18-17-,29-26-,37-33-. The number of hydrogen-bond donors (Lipinski definition) is 3. The van der Waals surface area contributed by atoms with E-state index in [0.717, 1.165) is 70.6 Å². The topological polar surface area (TPSA) is 95.9 Å². The van der Waals surface area contributed by atoms with E-state index in [0.29, 0.717) is 25.9 Å². The first-order valence-corrected chi connectivity index (χ1v) is 30.3. The highest BCUT2D eigenvalue weighted by atomic mass is 16.5. The van der Waals surface area contributed by atoms with Gasteiger partial charge in [-0.2, -0.15) is 0 Å². The number of unbranched alkanes of at least 4 members (excludes halogenated alkanes) is 40. The van der Waals surface area contributed by atoms with Crippen molar-refractivity contribution in [2.24, 2.45) is 0 Å². The van der Waals surface area contributed by atoms with Crippen LogP contribution in [0.1, 0.15) is 322 Å². The molecule has 1 amide bonds. The van der Waals surface area contributed by atoms with Gasteiger partial charge in [0.25, 0.3) is 0 Å². The molecule has 0 heterocycles. The van der Waals surface area contributed by atoms with E-state index in [9.17, 15) is 19.8 Å². The molecule has 0 aliphatic rings. The van der Waals surface area contributed by atoms with Gasteiger partial charge in [-0.1, -0.05) is 262 Å². The van der Waals surface area contributed by atoms with Gasteiger partial charge in [-0.3, -0.25) is 9.59 Å². The van der Waals surface area contributed by atoms with Crippen molar-refractivity contribution >= 4 is 11.9 Å². The number of amides is 1. The number of ether oxygens (including phenoxy) is 1. The molecule has 0 aliphatic carbocycles. The summed E-state index contributed by atoms with van der Waals surface area (Å²) in [6.07, 6.45) is 71.5. The molecule has 6 heteroatoms. The minimum absolute atomic E-state index is 0.0137. The smallest absolute Gasteiger partial charge is 0.305 e. The van der Waals surface area contributed by atoms with Crippen LogP contribution >= 0.6 is 0 Å². The summed E-state index contributed by atoms with van der Waals surface area (Å²) in [6, 6.07) is -0.549. The zero-order valence-corrected chi connectivity index (χ0v) is 45.6. The van der Waals surface area contributed by atoms with Gasteiger partial charge in [0, 0.05) is 12.8 Å². The van der Waals surface area contributed by atoms with Crippen LogP contribution < -0.4 is 5.32 Å². The minimum Gasteiger partial charge on any atom is -0.466 e. The molecule has 0 aromatic rings. The van der Waals surface area contributed by atoms with Crippen LogP contribution in [0.15, 0.2) is 36.5 Å². The van der Waals surface area contributed by atoms with Crippen molar-refractivity contribution in [1.82, 2.24) is 5.32 Å². The Morgan fingerprint density at radius 2 is 0.735 bits per heavy atom. The molecule has 0 aliphatic heterocycles. The molecular formula is C62H117NO5. The van der Waals surface area contributed by atoms with Crippen molar-refractivity contribution in [2.45, 2.75) is 334 Å². The Morgan fingerprint density at radius 3 is 1.13 bits per heavy atom. The number of hydrogen-bond acceptors (Lipinski definition) is 5. The third kappa shape index (κ3) is 53.4. The van der Waals surface area contributed by atoms with Gasteiger partial charge in [-0.25, -0.2) is 0 Å². The average Bonchev–Trinajstić information content (AvgIpc) is 3.34. The largest absolute Gasteiger partial charge is 0.466 e. The van der Waals surface area contributed by atoms with E-state index in [1.54, 1.807) is 0 Å². The predicted molar refractivity (Wildman–Crippen MR) is 296 cm³/mol. The van der Waals surface area contributed by atoms with Crippen LogP contribution in [0.5, 0.6) is 0 Å². The van der Waals surface area contributed by atoms with Gasteiger partial charge in [0.15, 0.2) is 0 Å². The van der Waals surface area contributed by atoms with E-state index < -0.39 is 12.1 Å². The van der Waals surface area contributed by atoms with Crippen LogP contribution in [-0.4, -0.2) is 47.4 Å². The third-order valence-electron chi connectivity index (χ3n) is 13.9. The van der Waals surface area contributed by atoms with Crippen LogP contribution in [0.25, 0.3) is 0 Å². The molecule has 68 heavy (non-hydrogen) atoms. The Hall–Kier alpha value is -1.92. The molecule has 0 bridgehead atoms. The first-order chi connectivity index (χ1) is 33.5. The monoisotopic (exact) mass is 956 g/mol. The fourth-order valence-electron chi connectivity index (χ4n) is 9.27. The van der Waals surface area contributed by atoms with E-state index in [1.165, 1.54) is 218 Å². The molecule has 0 aromatic heterocycles. The Morgan fingerprint density at radius 1 is 0.412 bits per heavy atom. The van der Waals surface area contributed by atoms with Gasteiger partial charge in [-0.05, 0) is 83.5 Å². The summed E-state index contributed by atoms with van der Waals surface area (Å²) in [7, 11) is 0. The fourth-order valence-corrected chi connectivity index (χ4v) is 9.27. The van der Waals surface area contributed by atoms with Crippen molar-refractivity contribution in [2.75, 3.05) is 13.2 Å². The van der Waals surface area contributed by atoms with Gasteiger partial charge >= 0.3 is 5.97 Å². The van der Waals surface area contributed by atoms with Gasteiger partial charge in [0.05, 0.1) is 25.4 Å². The minimum atomic E-state index is -0.671. The molecule has 0 saturated heterocycles. The number of nitrogens with one attached hydrogen (secondary N) is 1. The Kier molecular flexibility index (Phi) is 56.0. The number of allylic oxidation sites excluding steroid dienone is 6. The number of carbonyl (C=O) groups excluding carboxylic acids is 2. The molecule has 6 nitrogen and oxygen atoms in total. The van der Waals surface area contributed by atoms with Gasteiger partial charge in [0.1, 0.15) is 0 Å². The quantitative estimate of drug-likeness (QED) is 0.0244. The van der Waals surface area contributed by atoms with E-state index in [-0.39, 0.29) is 18.5 Å². The van der Waals surface area contributed by atoms with Crippen molar-refractivity contribution in [1.29, 1.82) is 0 Å². The molecule has 2 atom stereocenters. The zero-order chi connectivity index (χ0) is 49.3. The lowest BCUT2D eigenvalue weighted by molar-refractivity contribution is -0.143.